The van der Waals surface area contributed by atoms with Crippen molar-refractivity contribution in [2.24, 2.45) is 0 Å². The molecule has 1 heterocycles. The second-order valence-electron chi connectivity index (χ2n) is 4.53. The monoisotopic (exact) mass is 260 g/mol. The van der Waals surface area contributed by atoms with Gasteiger partial charge in [0.1, 0.15) is 11.8 Å². The van der Waals surface area contributed by atoms with Crippen molar-refractivity contribution in [2.75, 3.05) is 19.7 Å². The zero-order valence-electron chi connectivity index (χ0n) is 10.6. The molecular formula is C14H16N2O3. The summed E-state index contributed by atoms with van der Waals surface area (Å²) in [5.41, 5.74) is 0.411. The van der Waals surface area contributed by atoms with Crippen LogP contribution in [0.3, 0.4) is 0 Å². The van der Waals surface area contributed by atoms with Crippen LogP contribution in [0.15, 0.2) is 24.3 Å². The number of aliphatic hydroxyl groups excluding tert-OH is 1. The van der Waals surface area contributed by atoms with E-state index in [2.05, 4.69) is 0 Å². The Morgan fingerprint density at radius 2 is 2.32 bits per heavy atom. The van der Waals surface area contributed by atoms with Gasteiger partial charge in [0.05, 0.1) is 11.7 Å². The molecule has 19 heavy (non-hydrogen) atoms. The Morgan fingerprint density at radius 3 is 3.05 bits per heavy atom. The Bertz CT molecular complexity index is 496. The molecule has 1 N–H and O–H groups in total. The molecule has 1 atom stereocenters. The van der Waals surface area contributed by atoms with Crippen molar-refractivity contribution in [1.29, 1.82) is 5.26 Å². The maximum atomic E-state index is 11.9. The number of para-hydroxylation sites is 1. The van der Waals surface area contributed by atoms with Gasteiger partial charge in [-0.1, -0.05) is 12.1 Å². The van der Waals surface area contributed by atoms with Gasteiger partial charge in [0.15, 0.2) is 6.61 Å². The molecule has 0 aromatic heterocycles. The smallest absolute Gasteiger partial charge is 0.260 e. The van der Waals surface area contributed by atoms with Gasteiger partial charge in [0.2, 0.25) is 0 Å². The average Bonchev–Trinajstić information content (AvgIpc) is 2.45. The summed E-state index contributed by atoms with van der Waals surface area (Å²) in [6.45, 7) is 0.909. The van der Waals surface area contributed by atoms with E-state index in [9.17, 15) is 9.90 Å². The number of carbonyl (C=O) groups is 1. The minimum atomic E-state index is -0.441. The lowest BCUT2D eigenvalue weighted by Crippen LogP contribution is -2.44. The molecule has 1 fully saturated rings. The van der Waals surface area contributed by atoms with E-state index >= 15 is 0 Å². The van der Waals surface area contributed by atoms with Gasteiger partial charge in [0, 0.05) is 13.1 Å². The van der Waals surface area contributed by atoms with Crippen molar-refractivity contribution in [3.8, 4) is 11.8 Å². The third-order valence-electron chi connectivity index (χ3n) is 3.11. The van der Waals surface area contributed by atoms with E-state index < -0.39 is 6.10 Å². The van der Waals surface area contributed by atoms with Crippen LogP contribution in [0.2, 0.25) is 0 Å². The molecule has 5 nitrogen and oxygen atoms in total. The quantitative estimate of drug-likeness (QED) is 0.877. The van der Waals surface area contributed by atoms with Crippen molar-refractivity contribution in [3.63, 3.8) is 0 Å². The number of β-amino-alcohol motifs (C(OH)–C–C–N with tert-alkyl or cyclic N) is 1. The van der Waals surface area contributed by atoms with Crippen LogP contribution in [-0.4, -0.2) is 41.7 Å². The highest BCUT2D eigenvalue weighted by molar-refractivity contribution is 5.78. The second-order valence-corrected chi connectivity index (χ2v) is 4.53. The van der Waals surface area contributed by atoms with Crippen molar-refractivity contribution >= 4 is 5.91 Å². The lowest BCUT2D eigenvalue weighted by atomic mass is 10.1. The molecule has 1 unspecified atom stereocenters. The summed E-state index contributed by atoms with van der Waals surface area (Å²) >= 11 is 0. The van der Waals surface area contributed by atoms with Gasteiger partial charge in [-0.3, -0.25) is 4.79 Å². The van der Waals surface area contributed by atoms with Crippen molar-refractivity contribution in [1.82, 2.24) is 4.90 Å². The third kappa shape index (κ3) is 3.46. The van der Waals surface area contributed by atoms with Gasteiger partial charge in [-0.15, -0.1) is 0 Å². The summed E-state index contributed by atoms with van der Waals surface area (Å²) in [5, 5.41) is 18.4. The van der Waals surface area contributed by atoms with Gasteiger partial charge < -0.3 is 14.7 Å². The fourth-order valence-electron chi connectivity index (χ4n) is 2.10. The SMILES string of the molecule is N#Cc1ccccc1OCC(=O)N1CCCC(O)C1. The van der Waals surface area contributed by atoms with Crippen LogP contribution >= 0.6 is 0 Å². The van der Waals surface area contributed by atoms with Crippen molar-refractivity contribution in [2.45, 2.75) is 18.9 Å². The van der Waals surface area contributed by atoms with Crippen LogP contribution in [0.1, 0.15) is 18.4 Å². The Morgan fingerprint density at radius 1 is 1.53 bits per heavy atom. The van der Waals surface area contributed by atoms with Crippen LogP contribution in [0.4, 0.5) is 0 Å². The molecule has 0 radical (unpaired) electrons. The normalized spacial score (nSPS) is 18.7. The molecule has 1 aromatic rings. The molecule has 1 amide bonds. The van der Waals surface area contributed by atoms with Crippen LogP contribution in [-0.2, 0) is 4.79 Å². The zero-order chi connectivity index (χ0) is 13.7. The highest BCUT2D eigenvalue weighted by atomic mass is 16.5. The Kier molecular flexibility index (Phi) is 4.37. The standard InChI is InChI=1S/C14H16N2O3/c15-8-11-4-1-2-6-13(11)19-10-14(18)16-7-3-5-12(17)9-16/h1-2,4,6,12,17H,3,5,7,9-10H2. The van der Waals surface area contributed by atoms with Crippen LogP contribution in [0, 0.1) is 11.3 Å². The van der Waals surface area contributed by atoms with Gasteiger partial charge in [-0.05, 0) is 25.0 Å². The number of likely N-dealkylation sites (tertiary alicyclic amines) is 1. The highest BCUT2D eigenvalue weighted by Crippen LogP contribution is 2.17. The largest absolute Gasteiger partial charge is 0.482 e. The number of hydrogen-bond donors (Lipinski definition) is 1. The predicted molar refractivity (Wildman–Crippen MR) is 68.5 cm³/mol. The molecular weight excluding hydrogens is 244 g/mol. The van der Waals surface area contributed by atoms with Gasteiger partial charge in [0.25, 0.3) is 5.91 Å². The Balaban J connectivity index is 1.91. The van der Waals surface area contributed by atoms with E-state index in [4.69, 9.17) is 10.00 Å². The van der Waals surface area contributed by atoms with E-state index in [0.29, 0.717) is 24.4 Å². The number of nitrogens with zero attached hydrogens (tertiary/aromatic N) is 2. The maximum Gasteiger partial charge on any atom is 0.260 e. The number of carbonyl (C=O) groups excluding carboxylic acids is 1. The van der Waals surface area contributed by atoms with E-state index in [1.165, 1.54) is 0 Å². The Hall–Kier alpha value is -2.06. The average molecular weight is 260 g/mol. The lowest BCUT2D eigenvalue weighted by molar-refractivity contribution is -0.136. The fourth-order valence-corrected chi connectivity index (χ4v) is 2.10. The van der Waals surface area contributed by atoms with Crippen LogP contribution < -0.4 is 4.74 Å². The number of hydrogen-bond acceptors (Lipinski definition) is 4. The predicted octanol–water partition coefficient (Wildman–Crippen LogP) is 0.920. The molecule has 1 saturated heterocycles. The summed E-state index contributed by atoms with van der Waals surface area (Å²) < 4.78 is 5.38. The van der Waals surface area contributed by atoms with E-state index in [1.54, 1.807) is 29.2 Å². The molecule has 1 aliphatic heterocycles. The third-order valence-corrected chi connectivity index (χ3v) is 3.11. The first-order valence-electron chi connectivity index (χ1n) is 6.28. The maximum absolute atomic E-state index is 11.9. The molecule has 100 valence electrons. The molecule has 1 aromatic carbocycles. The van der Waals surface area contributed by atoms with E-state index in [0.717, 1.165) is 12.8 Å². The van der Waals surface area contributed by atoms with Crippen molar-refractivity contribution < 1.29 is 14.6 Å². The summed E-state index contributed by atoms with van der Waals surface area (Å²) in [5.74, 6) is 0.252. The number of rotatable bonds is 3. The second kappa shape index (κ2) is 6.21. The highest BCUT2D eigenvalue weighted by Gasteiger charge is 2.22. The lowest BCUT2D eigenvalue weighted by Gasteiger charge is -2.30. The molecule has 0 spiro atoms. The number of piperidine rings is 1. The molecule has 0 aliphatic carbocycles. The van der Waals surface area contributed by atoms with Gasteiger partial charge in [-0.2, -0.15) is 5.26 Å². The van der Waals surface area contributed by atoms with E-state index in [1.807, 2.05) is 6.07 Å². The van der Waals surface area contributed by atoms with Crippen LogP contribution in [0.5, 0.6) is 5.75 Å². The summed E-state index contributed by atoms with van der Waals surface area (Å²) in [6, 6.07) is 8.82. The number of amides is 1. The molecule has 5 heteroatoms. The minimum Gasteiger partial charge on any atom is -0.482 e. The molecule has 2 rings (SSSR count). The van der Waals surface area contributed by atoms with Gasteiger partial charge in [-0.25, -0.2) is 0 Å². The fraction of sp³-hybridized carbons (Fsp3) is 0.429. The topological polar surface area (TPSA) is 73.6 Å². The van der Waals surface area contributed by atoms with Crippen molar-refractivity contribution in [3.05, 3.63) is 29.8 Å². The first-order chi connectivity index (χ1) is 9.20. The number of nitriles is 1. The number of benzene rings is 1. The molecule has 1 aliphatic rings. The summed E-state index contributed by atoms with van der Waals surface area (Å²) in [4.78, 5) is 13.5. The number of ether oxygens (including phenoxy) is 1. The Labute approximate surface area is 112 Å². The first-order valence-corrected chi connectivity index (χ1v) is 6.28. The van der Waals surface area contributed by atoms with Crippen LogP contribution in [0.25, 0.3) is 0 Å². The summed E-state index contributed by atoms with van der Waals surface area (Å²) in [7, 11) is 0. The summed E-state index contributed by atoms with van der Waals surface area (Å²) in [6.07, 6.45) is 1.10. The zero-order valence-corrected chi connectivity index (χ0v) is 10.6. The number of aliphatic hydroxyl groups is 1. The van der Waals surface area contributed by atoms with E-state index in [-0.39, 0.29) is 12.5 Å². The first kappa shape index (κ1) is 13.4. The minimum absolute atomic E-state index is 0.106. The van der Waals surface area contributed by atoms with Gasteiger partial charge >= 0.3 is 0 Å². The molecule has 0 bridgehead atoms. The molecule has 0 saturated carbocycles.